The number of hydrogen-bond donors (Lipinski definition) is 6. The molecule has 6 N–H and O–H groups in total. The van der Waals surface area contributed by atoms with Crippen LogP contribution < -0.4 is 21.4 Å². The zero-order valence-electron chi connectivity index (χ0n) is 17.9. The Hall–Kier alpha value is -3.22. The van der Waals surface area contributed by atoms with Gasteiger partial charge in [-0.05, 0) is 61.9 Å². The summed E-state index contributed by atoms with van der Waals surface area (Å²) in [6.07, 6.45) is -0.0125. The highest BCUT2D eigenvalue weighted by atomic mass is 16.5. The summed E-state index contributed by atoms with van der Waals surface area (Å²) in [5.41, 5.74) is 4.58. The van der Waals surface area contributed by atoms with Crippen molar-refractivity contribution in [3.8, 4) is 11.8 Å². The number of rotatable bonds is 7. The van der Waals surface area contributed by atoms with Crippen molar-refractivity contribution in [3.63, 3.8) is 0 Å². The van der Waals surface area contributed by atoms with Gasteiger partial charge in [-0.2, -0.15) is 0 Å². The van der Waals surface area contributed by atoms with Gasteiger partial charge in [-0.15, -0.1) is 0 Å². The van der Waals surface area contributed by atoms with Crippen LogP contribution in [0.2, 0.25) is 0 Å². The molecule has 2 amide bonds. The summed E-state index contributed by atoms with van der Waals surface area (Å²) in [5.74, 6) is 4.74. The number of amides is 2. The fourth-order valence-corrected chi connectivity index (χ4v) is 3.35. The normalized spacial score (nSPS) is 17.0. The fourth-order valence-electron chi connectivity index (χ4n) is 3.35. The van der Waals surface area contributed by atoms with Crippen molar-refractivity contribution in [2.24, 2.45) is 0 Å². The van der Waals surface area contributed by atoms with Gasteiger partial charge in [0.25, 0.3) is 11.8 Å². The second-order valence-electron chi connectivity index (χ2n) is 7.76. The fraction of sp³-hybridized carbons (Fsp3) is 0.333. The molecule has 3 unspecified atom stereocenters. The van der Waals surface area contributed by atoms with Gasteiger partial charge in [0.2, 0.25) is 0 Å². The third kappa shape index (κ3) is 6.64. The Morgan fingerprint density at radius 2 is 1.72 bits per heavy atom. The molecule has 1 fully saturated rings. The lowest BCUT2D eigenvalue weighted by molar-refractivity contribution is -0.133. The largest absolute Gasteiger partial charge is 0.391 e. The van der Waals surface area contributed by atoms with E-state index in [1.807, 2.05) is 12.1 Å². The molecule has 168 valence electrons. The second kappa shape index (κ2) is 11.4. The first-order valence-electron chi connectivity index (χ1n) is 10.5. The van der Waals surface area contributed by atoms with E-state index in [0.717, 1.165) is 37.2 Å². The molecule has 0 bridgehead atoms. The first kappa shape index (κ1) is 23.4. The van der Waals surface area contributed by atoms with Crippen LogP contribution in [0.4, 0.5) is 0 Å². The van der Waals surface area contributed by atoms with Crippen LogP contribution in [-0.4, -0.2) is 53.4 Å². The summed E-state index contributed by atoms with van der Waals surface area (Å²) in [6.45, 7) is 4.26. The molecule has 1 heterocycles. The van der Waals surface area contributed by atoms with E-state index < -0.39 is 24.0 Å². The van der Waals surface area contributed by atoms with E-state index in [4.69, 9.17) is 5.21 Å². The molecule has 1 aliphatic rings. The third-order valence-electron chi connectivity index (χ3n) is 5.27. The summed E-state index contributed by atoms with van der Waals surface area (Å²) in [7, 11) is 0. The Morgan fingerprint density at radius 1 is 1.09 bits per heavy atom. The number of hydrogen-bond acceptors (Lipinski definition) is 6. The van der Waals surface area contributed by atoms with Gasteiger partial charge in [0.15, 0.2) is 0 Å². The van der Waals surface area contributed by atoms with E-state index >= 15 is 0 Å². The standard InChI is InChI=1S/C24H28N4O4/c1-16(29)22(24(31)28-32)27-23(30)20-10-8-18(9-11-20)3-2-17-4-6-19(7-5-17)14-26-21-12-13-25-15-21/h4-11,16,21-22,25-26,29,32H,12-15H2,1H3,(H,27,30)(H,28,31). The van der Waals surface area contributed by atoms with Crippen LogP contribution in [0.25, 0.3) is 0 Å². The molecular formula is C24H28N4O4. The predicted octanol–water partition coefficient (Wildman–Crippen LogP) is 0.523. The minimum Gasteiger partial charge on any atom is -0.391 e. The molecule has 2 aromatic carbocycles. The lowest BCUT2D eigenvalue weighted by Gasteiger charge is -2.19. The molecule has 0 saturated carbocycles. The van der Waals surface area contributed by atoms with Crippen LogP contribution in [0, 0.1) is 11.8 Å². The lowest BCUT2D eigenvalue weighted by atomic mass is 10.1. The van der Waals surface area contributed by atoms with E-state index in [1.165, 1.54) is 18.0 Å². The number of carbonyl (C=O) groups excluding carboxylic acids is 2. The summed E-state index contributed by atoms with van der Waals surface area (Å²) < 4.78 is 0. The average Bonchev–Trinajstić information content (AvgIpc) is 3.34. The molecule has 1 aliphatic heterocycles. The summed E-state index contributed by atoms with van der Waals surface area (Å²) >= 11 is 0. The minimum absolute atomic E-state index is 0.307. The topological polar surface area (TPSA) is 123 Å². The van der Waals surface area contributed by atoms with Crippen molar-refractivity contribution in [1.82, 2.24) is 21.4 Å². The molecule has 0 aromatic heterocycles. The van der Waals surface area contributed by atoms with Crippen molar-refractivity contribution in [2.45, 2.75) is 38.1 Å². The minimum atomic E-state index is -1.26. The van der Waals surface area contributed by atoms with Gasteiger partial charge in [0, 0.05) is 35.8 Å². The van der Waals surface area contributed by atoms with Gasteiger partial charge in [-0.3, -0.25) is 14.8 Å². The van der Waals surface area contributed by atoms with Gasteiger partial charge >= 0.3 is 0 Å². The van der Waals surface area contributed by atoms with E-state index in [9.17, 15) is 14.7 Å². The Kier molecular flexibility index (Phi) is 8.36. The summed E-state index contributed by atoms with van der Waals surface area (Å²) in [6, 6.07) is 14.0. The van der Waals surface area contributed by atoms with Gasteiger partial charge in [0.1, 0.15) is 6.04 Å². The van der Waals surface area contributed by atoms with Gasteiger partial charge < -0.3 is 21.1 Å². The highest BCUT2D eigenvalue weighted by Gasteiger charge is 2.25. The van der Waals surface area contributed by atoms with Crippen molar-refractivity contribution in [1.29, 1.82) is 0 Å². The molecule has 1 saturated heterocycles. The molecule has 8 nitrogen and oxygen atoms in total. The number of aliphatic hydroxyl groups is 1. The Bertz CT molecular complexity index is 972. The molecule has 32 heavy (non-hydrogen) atoms. The van der Waals surface area contributed by atoms with Crippen LogP contribution in [0.5, 0.6) is 0 Å². The number of aliphatic hydroxyl groups excluding tert-OH is 1. The van der Waals surface area contributed by atoms with Gasteiger partial charge in [-0.25, -0.2) is 5.48 Å². The molecule has 2 aromatic rings. The number of carbonyl (C=O) groups is 2. The zero-order valence-corrected chi connectivity index (χ0v) is 17.9. The second-order valence-corrected chi connectivity index (χ2v) is 7.76. The molecule has 0 aliphatic carbocycles. The third-order valence-corrected chi connectivity index (χ3v) is 5.27. The smallest absolute Gasteiger partial charge is 0.268 e. The maximum absolute atomic E-state index is 12.3. The predicted molar refractivity (Wildman–Crippen MR) is 120 cm³/mol. The van der Waals surface area contributed by atoms with Crippen molar-refractivity contribution >= 4 is 11.8 Å². The molecule has 8 heteroatoms. The van der Waals surface area contributed by atoms with Crippen LogP contribution in [-0.2, 0) is 11.3 Å². The average molecular weight is 437 g/mol. The molecule has 3 atom stereocenters. The lowest BCUT2D eigenvalue weighted by Crippen LogP contribution is -2.51. The number of nitrogens with one attached hydrogen (secondary N) is 4. The number of benzene rings is 2. The zero-order chi connectivity index (χ0) is 22.9. The van der Waals surface area contributed by atoms with Crippen LogP contribution >= 0.6 is 0 Å². The quantitative estimate of drug-likeness (QED) is 0.214. The van der Waals surface area contributed by atoms with Gasteiger partial charge in [-0.1, -0.05) is 24.0 Å². The van der Waals surface area contributed by atoms with Crippen molar-refractivity contribution in [3.05, 3.63) is 70.8 Å². The van der Waals surface area contributed by atoms with E-state index in [2.05, 4.69) is 39.9 Å². The van der Waals surface area contributed by atoms with Crippen LogP contribution in [0.1, 0.15) is 40.4 Å². The maximum Gasteiger partial charge on any atom is 0.268 e. The van der Waals surface area contributed by atoms with Crippen LogP contribution in [0.3, 0.4) is 0 Å². The Morgan fingerprint density at radius 3 is 2.25 bits per heavy atom. The van der Waals surface area contributed by atoms with Crippen molar-refractivity contribution < 1.29 is 19.9 Å². The van der Waals surface area contributed by atoms with E-state index in [-0.39, 0.29) is 0 Å². The molecule has 3 rings (SSSR count). The highest BCUT2D eigenvalue weighted by molar-refractivity contribution is 5.97. The molecular weight excluding hydrogens is 408 g/mol. The van der Waals surface area contributed by atoms with Crippen molar-refractivity contribution in [2.75, 3.05) is 13.1 Å². The Labute approximate surface area is 187 Å². The summed E-state index contributed by atoms with van der Waals surface area (Å²) in [4.78, 5) is 23.9. The van der Waals surface area contributed by atoms with Crippen LogP contribution in [0.15, 0.2) is 48.5 Å². The highest BCUT2D eigenvalue weighted by Crippen LogP contribution is 2.08. The monoisotopic (exact) mass is 436 g/mol. The first-order valence-corrected chi connectivity index (χ1v) is 10.5. The van der Waals surface area contributed by atoms with E-state index in [0.29, 0.717) is 11.6 Å². The van der Waals surface area contributed by atoms with E-state index in [1.54, 1.807) is 24.3 Å². The SMILES string of the molecule is CC(O)C(NC(=O)c1ccc(C#Cc2ccc(CNC3CCNC3)cc2)cc1)C(=O)NO. The molecule has 0 spiro atoms. The first-order chi connectivity index (χ1) is 15.5. The summed E-state index contributed by atoms with van der Waals surface area (Å²) in [5, 5.41) is 27.6. The number of hydroxylamine groups is 1. The maximum atomic E-state index is 12.3. The Balaban J connectivity index is 1.56. The molecule has 0 radical (unpaired) electrons. The van der Waals surface area contributed by atoms with Gasteiger partial charge in [0.05, 0.1) is 6.10 Å².